The number of aromatic nitrogens is 5. The summed E-state index contributed by atoms with van der Waals surface area (Å²) in [6, 6.07) is 22.3. The number of halogens is 1. The fourth-order valence-electron chi connectivity index (χ4n) is 3.78. The number of hydrogen-bond acceptors (Lipinski definition) is 5. The van der Waals surface area contributed by atoms with E-state index in [0.29, 0.717) is 6.54 Å². The molecule has 0 fully saturated rings. The van der Waals surface area contributed by atoms with Crippen molar-refractivity contribution in [3.8, 4) is 0 Å². The molecule has 0 aliphatic carbocycles. The van der Waals surface area contributed by atoms with E-state index < -0.39 is 0 Å². The summed E-state index contributed by atoms with van der Waals surface area (Å²) in [7, 11) is 0. The molecule has 0 N–H and O–H groups in total. The van der Waals surface area contributed by atoms with E-state index in [0.717, 1.165) is 28.5 Å². The van der Waals surface area contributed by atoms with Crippen molar-refractivity contribution in [1.82, 2.24) is 30.1 Å². The summed E-state index contributed by atoms with van der Waals surface area (Å²) in [5.41, 5.74) is 3.15. The van der Waals surface area contributed by atoms with Crippen LogP contribution in [0, 0.1) is 0 Å². The second-order valence-electron chi connectivity index (χ2n) is 8.83. The summed E-state index contributed by atoms with van der Waals surface area (Å²) in [5.74, 6) is 0.787. The van der Waals surface area contributed by atoms with Crippen molar-refractivity contribution in [2.45, 2.75) is 45.4 Å². The third-order valence-corrected chi connectivity index (χ3v) is 5.52. The molecule has 0 amide bonds. The van der Waals surface area contributed by atoms with Gasteiger partial charge in [0.25, 0.3) is 0 Å². The van der Waals surface area contributed by atoms with Crippen molar-refractivity contribution in [1.29, 1.82) is 0 Å². The molecule has 1 atom stereocenters. The monoisotopic (exact) mass is 446 g/mol. The lowest BCUT2D eigenvalue weighted by molar-refractivity contribution is 0.185. The van der Waals surface area contributed by atoms with Gasteiger partial charge in [0.2, 0.25) is 0 Å². The molecular formula is C25H27ClN6. The molecule has 7 heteroatoms. The zero-order chi connectivity index (χ0) is 22.6. The highest BCUT2D eigenvalue weighted by molar-refractivity contribution is 6.30. The van der Waals surface area contributed by atoms with Crippen LogP contribution >= 0.6 is 11.6 Å². The van der Waals surface area contributed by atoms with Gasteiger partial charge in [0.1, 0.15) is 0 Å². The SMILES string of the molecule is CC(C)(C)n1nnnc1[C@H](c1cccnc1)N(Cc1ccccc1)Cc1ccc(Cl)cc1. The Morgan fingerprint density at radius 1 is 0.906 bits per heavy atom. The molecule has 0 aliphatic rings. The standard InChI is InChI=1S/C25H27ClN6/c1-25(2,3)32-24(28-29-30-32)23(21-10-7-15-27-16-21)31(17-19-8-5-4-6-9-19)18-20-11-13-22(26)14-12-20/h4-16,23H,17-18H2,1-3H3/t23-/m0/s1. The summed E-state index contributed by atoms with van der Waals surface area (Å²) >= 11 is 6.14. The van der Waals surface area contributed by atoms with Gasteiger partial charge in [-0.3, -0.25) is 9.88 Å². The fraction of sp³-hybridized carbons (Fsp3) is 0.280. The van der Waals surface area contributed by atoms with Crippen molar-refractivity contribution in [2.75, 3.05) is 0 Å². The van der Waals surface area contributed by atoms with E-state index in [4.69, 9.17) is 11.6 Å². The van der Waals surface area contributed by atoms with Crippen LogP contribution in [0.1, 0.15) is 49.3 Å². The van der Waals surface area contributed by atoms with Gasteiger partial charge in [0, 0.05) is 30.5 Å². The Morgan fingerprint density at radius 3 is 2.22 bits per heavy atom. The average Bonchev–Trinajstić information content (AvgIpc) is 3.27. The lowest BCUT2D eigenvalue weighted by Crippen LogP contribution is -2.34. The minimum absolute atomic E-state index is 0.186. The Bertz CT molecular complexity index is 1120. The first-order valence-corrected chi connectivity index (χ1v) is 11.0. The second kappa shape index (κ2) is 9.59. The average molecular weight is 447 g/mol. The van der Waals surface area contributed by atoms with Crippen LogP contribution < -0.4 is 0 Å². The summed E-state index contributed by atoms with van der Waals surface area (Å²) in [6.45, 7) is 7.73. The number of rotatable bonds is 7. The number of tetrazole rings is 1. The van der Waals surface area contributed by atoms with Gasteiger partial charge < -0.3 is 0 Å². The van der Waals surface area contributed by atoms with Crippen LogP contribution in [0.5, 0.6) is 0 Å². The molecule has 0 radical (unpaired) electrons. The Balaban J connectivity index is 1.82. The zero-order valence-electron chi connectivity index (χ0n) is 18.6. The molecule has 4 rings (SSSR count). The number of benzene rings is 2. The van der Waals surface area contributed by atoms with E-state index in [1.165, 1.54) is 5.56 Å². The maximum atomic E-state index is 6.14. The summed E-state index contributed by atoms with van der Waals surface area (Å²) in [5, 5.41) is 13.6. The molecule has 0 aliphatic heterocycles. The summed E-state index contributed by atoms with van der Waals surface area (Å²) in [4.78, 5) is 6.77. The largest absolute Gasteiger partial charge is 0.281 e. The van der Waals surface area contributed by atoms with Crippen LogP contribution in [0.2, 0.25) is 5.02 Å². The van der Waals surface area contributed by atoms with Gasteiger partial charge in [-0.05, 0) is 66.1 Å². The van der Waals surface area contributed by atoms with Gasteiger partial charge in [-0.2, -0.15) is 0 Å². The Hall–Kier alpha value is -3.09. The van der Waals surface area contributed by atoms with Crippen molar-refractivity contribution < 1.29 is 0 Å². The molecule has 2 aromatic carbocycles. The van der Waals surface area contributed by atoms with E-state index in [9.17, 15) is 0 Å². The van der Waals surface area contributed by atoms with Crippen molar-refractivity contribution >= 4 is 11.6 Å². The molecule has 32 heavy (non-hydrogen) atoms. The van der Waals surface area contributed by atoms with Crippen LogP contribution in [0.4, 0.5) is 0 Å². The van der Waals surface area contributed by atoms with E-state index >= 15 is 0 Å². The molecule has 2 heterocycles. The molecule has 0 saturated heterocycles. The molecule has 0 unspecified atom stereocenters. The highest BCUT2D eigenvalue weighted by Crippen LogP contribution is 2.32. The molecule has 0 saturated carbocycles. The molecule has 2 aromatic heterocycles. The Labute approximate surface area is 193 Å². The Kier molecular flexibility index (Phi) is 6.63. The van der Waals surface area contributed by atoms with Crippen LogP contribution in [0.3, 0.4) is 0 Å². The number of pyridine rings is 1. The molecule has 0 spiro atoms. The number of nitrogens with zero attached hydrogens (tertiary/aromatic N) is 6. The lowest BCUT2D eigenvalue weighted by Gasteiger charge is -2.33. The zero-order valence-corrected chi connectivity index (χ0v) is 19.3. The van der Waals surface area contributed by atoms with E-state index in [-0.39, 0.29) is 11.6 Å². The van der Waals surface area contributed by atoms with Crippen LogP contribution in [0.25, 0.3) is 0 Å². The smallest absolute Gasteiger partial charge is 0.173 e. The predicted octanol–water partition coefficient (Wildman–Crippen LogP) is 5.27. The van der Waals surface area contributed by atoms with Gasteiger partial charge in [-0.1, -0.05) is 60.1 Å². The minimum Gasteiger partial charge on any atom is -0.281 e. The highest BCUT2D eigenvalue weighted by atomic mass is 35.5. The molecule has 0 bridgehead atoms. The van der Waals surface area contributed by atoms with Crippen LogP contribution in [-0.4, -0.2) is 30.1 Å². The normalized spacial score (nSPS) is 12.8. The number of hydrogen-bond donors (Lipinski definition) is 0. The topological polar surface area (TPSA) is 59.7 Å². The summed E-state index contributed by atoms with van der Waals surface area (Å²) < 4.78 is 1.91. The first kappa shape index (κ1) is 22.1. The summed E-state index contributed by atoms with van der Waals surface area (Å²) in [6.07, 6.45) is 3.68. The van der Waals surface area contributed by atoms with Crippen molar-refractivity contribution in [3.05, 3.63) is 107 Å². The maximum Gasteiger partial charge on any atom is 0.173 e. The van der Waals surface area contributed by atoms with Crippen LogP contribution in [0.15, 0.2) is 79.1 Å². The van der Waals surface area contributed by atoms with Gasteiger partial charge in [0.05, 0.1) is 11.6 Å². The lowest BCUT2D eigenvalue weighted by atomic mass is 10.0. The first-order valence-electron chi connectivity index (χ1n) is 10.6. The van der Waals surface area contributed by atoms with Gasteiger partial charge >= 0.3 is 0 Å². The van der Waals surface area contributed by atoms with Gasteiger partial charge in [-0.25, -0.2) is 4.68 Å². The fourth-order valence-corrected chi connectivity index (χ4v) is 3.91. The van der Waals surface area contributed by atoms with E-state index in [1.807, 2.05) is 35.1 Å². The van der Waals surface area contributed by atoms with Crippen molar-refractivity contribution in [3.63, 3.8) is 0 Å². The van der Waals surface area contributed by atoms with Gasteiger partial charge in [-0.15, -0.1) is 5.10 Å². The molecule has 6 nitrogen and oxygen atoms in total. The Morgan fingerprint density at radius 2 is 1.59 bits per heavy atom. The highest BCUT2D eigenvalue weighted by Gasteiger charge is 2.31. The predicted molar refractivity (Wildman–Crippen MR) is 126 cm³/mol. The van der Waals surface area contributed by atoms with Crippen molar-refractivity contribution in [2.24, 2.45) is 0 Å². The van der Waals surface area contributed by atoms with Crippen LogP contribution in [-0.2, 0) is 18.6 Å². The molecule has 4 aromatic rings. The third kappa shape index (κ3) is 5.21. The van der Waals surface area contributed by atoms with E-state index in [1.54, 1.807) is 6.20 Å². The maximum absolute atomic E-state index is 6.14. The molecule has 164 valence electrons. The third-order valence-electron chi connectivity index (χ3n) is 5.27. The van der Waals surface area contributed by atoms with E-state index in [2.05, 4.69) is 88.6 Å². The second-order valence-corrected chi connectivity index (χ2v) is 9.26. The molecular weight excluding hydrogens is 420 g/mol. The minimum atomic E-state index is -0.266. The van der Waals surface area contributed by atoms with Gasteiger partial charge in [0.15, 0.2) is 5.82 Å². The first-order chi connectivity index (χ1) is 15.4. The quantitative estimate of drug-likeness (QED) is 0.387.